The van der Waals surface area contributed by atoms with Gasteiger partial charge in [0.2, 0.25) is 5.78 Å². The third-order valence-corrected chi connectivity index (χ3v) is 4.18. The van der Waals surface area contributed by atoms with Crippen molar-refractivity contribution in [3.8, 4) is 0 Å². The van der Waals surface area contributed by atoms with Gasteiger partial charge in [-0.25, -0.2) is 4.79 Å². The summed E-state index contributed by atoms with van der Waals surface area (Å²) in [6.45, 7) is 2.21. The Labute approximate surface area is 149 Å². The van der Waals surface area contributed by atoms with E-state index >= 15 is 0 Å². The van der Waals surface area contributed by atoms with Crippen LogP contribution in [0.25, 0.3) is 5.76 Å². The Morgan fingerprint density at radius 2 is 2.12 bits per heavy atom. The molecule has 0 saturated heterocycles. The minimum atomic E-state index is -0.791. The van der Waals surface area contributed by atoms with E-state index in [2.05, 4.69) is 0 Å². The number of aliphatic hydroxyl groups is 1. The van der Waals surface area contributed by atoms with Crippen LogP contribution >= 0.6 is 0 Å². The number of aliphatic hydroxyl groups excluding tert-OH is 1. The summed E-state index contributed by atoms with van der Waals surface area (Å²) in [7, 11) is 1.46. The number of carbonyl (C=O) groups is 3. The Morgan fingerprint density at radius 1 is 1.35 bits per heavy atom. The van der Waals surface area contributed by atoms with Crippen LogP contribution in [0.3, 0.4) is 0 Å². The minimum Gasteiger partial charge on any atom is -0.504 e. The van der Waals surface area contributed by atoms with Crippen molar-refractivity contribution in [2.45, 2.75) is 13.3 Å². The van der Waals surface area contributed by atoms with Crippen molar-refractivity contribution in [2.24, 2.45) is 5.92 Å². The van der Waals surface area contributed by atoms with Gasteiger partial charge in [-0.05, 0) is 18.4 Å². The summed E-state index contributed by atoms with van der Waals surface area (Å²) in [6.07, 6.45) is 4.80. The van der Waals surface area contributed by atoms with E-state index < -0.39 is 17.5 Å². The molecular formula is C19H18O7. The number of carbonyl (C=O) groups excluding carboxylic acids is 3. The quantitative estimate of drug-likeness (QED) is 0.373. The lowest BCUT2D eigenvalue weighted by molar-refractivity contribution is -0.139. The van der Waals surface area contributed by atoms with Crippen molar-refractivity contribution >= 4 is 23.3 Å². The van der Waals surface area contributed by atoms with Gasteiger partial charge in [-0.2, -0.15) is 0 Å². The summed E-state index contributed by atoms with van der Waals surface area (Å²) >= 11 is 0. The fourth-order valence-corrected chi connectivity index (χ4v) is 2.88. The van der Waals surface area contributed by atoms with Gasteiger partial charge in [-0.15, -0.1) is 0 Å². The SMILES string of the molecule is COCCOC(=O)/C=C(\O)c1cc2c(o1)C(=O)C1=C(CC(C)C=C1)C2=O. The lowest BCUT2D eigenvalue weighted by atomic mass is 9.80. The molecule has 3 rings (SSSR count). The van der Waals surface area contributed by atoms with Crippen molar-refractivity contribution in [1.82, 2.24) is 0 Å². The second-order valence-electron chi connectivity index (χ2n) is 6.13. The molecule has 0 radical (unpaired) electrons. The molecule has 0 saturated carbocycles. The second-order valence-corrected chi connectivity index (χ2v) is 6.13. The maximum Gasteiger partial charge on any atom is 0.334 e. The van der Waals surface area contributed by atoms with E-state index in [-0.39, 0.29) is 42.0 Å². The zero-order valence-corrected chi connectivity index (χ0v) is 14.4. The zero-order valence-electron chi connectivity index (χ0n) is 14.4. The molecule has 1 aromatic heterocycles. The van der Waals surface area contributed by atoms with Gasteiger partial charge in [-0.3, -0.25) is 9.59 Å². The number of fused-ring (bicyclic) bond motifs is 1. The number of methoxy groups -OCH3 is 1. The number of hydrogen-bond donors (Lipinski definition) is 1. The van der Waals surface area contributed by atoms with E-state index in [4.69, 9.17) is 13.9 Å². The predicted molar refractivity (Wildman–Crippen MR) is 90.8 cm³/mol. The molecule has 0 aromatic carbocycles. The molecule has 7 heteroatoms. The molecule has 0 amide bonds. The lowest BCUT2D eigenvalue weighted by Crippen LogP contribution is -2.22. The molecule has 1 heterocycles. The highest BCUT2D eigenvalue weighted by atomic mass is 16.6. The normalized spacial score (nSPS) is 19.5. The molecule has 2 aliphatic rings. The highest BCUT2D eigenvalue weighted by molar-refractivity contribution is 6.27. The standard InChI is InChI=1S/C19H18O7/c1-10-3-4-11-12(7-10)17(22)13-8-15(26-19(13)18(11)23)14(20)9-16(21)25-6-5-24-2/h3-4,8-10,20H,5-7H2,1-2H3/b14-9-. The van der Waals surface area contributed by atoms with Gasteiger partial charge in [0.1, 0.15) is 6.61 Å². The Bertz CT molecular complexity index is 866. The van der Waals surface area contributed by atoms with Gasteiger partial charge in [0.25, 0.3) is 0 Å². The third-order valence-electron chi connectivity index (χ3n) is 4.18. The molecule has 1 atom stereocenters. The molecule has 26 heavy (non-hydrogen) atoms. The molecule has 1 unspecified atom stereocenters. The summed E-state index contributed by atoms with van der Waals surface area (Å²) in [6, 6.07) is 1.27. The third kappa shape index (κ3) is 3.25. The largest absolute Gasteiger partial charge is 0.504 e. The molecular weight excluding hydrogens is 340 g/mol. The van der Waals surface area contributed by atoms with Crippen LogP contribution in [-0.4, -0.2) is 43.0 Å². The fourth-order valence-electron chi connectivity index (χ4n) is 2.88. The van der Waals surface area contributed by atoms with E-state index in [9.17, 15) is 19.5 Å². The van der Waals surface area contributed by atoms with E-state index in [0.29, 0.717) is 17.6 Å². The molecule has 7 nitrogen and oxygen atoms in total. The maximum absolute atomic E-state index is 12.7. The summed E-state index contributed by atoms with van der Waals surface area (Å²) < 4.78 is 14.9. The molecule has 0 bridgehead atoms. The number of ketones is 2. The maximum atomic E-state index is 12.7. The summed E-state index contributed by atoms with van der Waals surface area (Å²) in [4.78, 5) is 36.8. The van der Waals surface area contributed by atoms with Crippen molar-refractivity contribution in [3.05, 3.63) is 52.5 Å². The first-order chi connectivity index (χ1) is 12.4. The zero-order chi connectivity index (χ0) is 18.8. The highest BCUT2D eigenvalue weighted by Gasteiger charge is 2.36. The van der Waals surface area contributed by atoms with E-state index in [1.165, 1.54) is 13.2 Å². The van der Waals surface area contributed by atoms with Gasteiger partial charge >= 0.3 is 5.97 Å². The number of ether oxygens (including phenoxy) is 2. The molecule has 136 valence electrons. The molecule has 2 aliphatic carbocycles. The first-order valence-corrected chi connectivity index (χ1v) is 8.13. The number of furan rings is 1. The molecule has 0 aliphatic heterocycles. The summed E-state index contributed by atoms with van der Waals surface area (Å²) in [5.41, 5.74) is 0.871. The first kappa shape index (κ1) is 17.9. The number of hydrogen-bond acceptors (Lipinski definition) is 7. The molecule has 0 spiro atoms. The highest BCUT2D eigenvalue weighted by Crippen LogP contribution is 2.36. The molecule has 0 fully saturated rings. The van der Waals surface area contributed by atoms with Gasteiger partial charge in [0, 0.05) is 18.3 Å². The first-order valence-electron chi connectivity index (χ1n) is 8.13. The van der Waals surface area contributed by atoms with Crippen LogP contribution in [0.1, 0.15) is 40.0 Å². The number of esters is 1. The van der Waals surface area contributed by atoms with E-state index in [1.807, 2.05) is 13.0 Å². The Balaban J connectivity index is 1.86. The Hall–Kier alpha value is -2.93. The van der Waals surface area contributed by atoms with Crippen LogP contribution < -0.4 is 0 Å². The van der Waals surface area contributed by atoms with Gasteiger partial charge in [0.15, 0.2) is 23.1 Å². The molecule has 1 N–H and O–H groups in total. The fraction of sp³-hybridized carbons (Fsp3) is 0.316. The van der Waals surface area contributed by atoms with Gasteiger partial charge in [-0.1, -0.05) is 19.1 Å². The van der Waals surface area contributed by atoms with Crippen LogP contribution in [-0.2, 0) is 14.3 Å². The van der Waals surface area contributed by atoms with Crippen LogP contribution in [0, 0.1) is 5.92 Å². The van der Waals surface area contributed by atoms with Crippen LogP contribution in [0.2, 0.25) is 0 Å². The minimum absolute atomic E-state index is 0.0336. The van der Waals surface area contributed by atoms with Crippen molar-refractivity contribution < 1.29 is 33.4 Å². The average Bonchev–Trinajstić information content (AvgIpc) is 3.06. The van der Waals surface area contributed by atoms with Crippen LogP contribution in [0.15, 0.2) is 39.9 Å². The summed E-state index contributed by atoms with van der Waals surface area (Å²) in [5.74, 6) is -2.12. The monoisotopic (exact) mass is 358 g/mol. The van der Waals surface area contributed by atoms with Crippen LogP contribution in [0.5, 0.6) is 0 Å². The van der Waals surface area contributed by atoms with Crippen molar-refractivity contribution in [2.75, 3.05) is 20.3 Å². The van der Waals surface area contributed by atoms with Crippen molar-refractivity contribution in [1.29, 1.82) is 0 Å². The Morgan fingerprint density at radius 3 is 2.85 bits per heavy atom. The number of rotatable bonds is 5. The number of Topliss-reactive ketones (excluding diaryl/α,β-unsaturated/α-hetero) is 2. The second kappa shape index (κ2) is 7.13. The van der Waals surface area contributed by atoms with E-state index in [0.717, 1.165) is 6.08 Å². The Kier molecular flexibility index (Phi) is 4.90. The molecule has 1 aromatic rings. The van der Waals surface area contributed by atoms with E-state index in [1.54, 1.807) is 6.08 Å². The average molecular weight is 358 g/mol. The summed E-state index contributed by atoms with van der Waals surface area (Å²) in [5, 5.41) is 10.1. The van der Waals surface area contributed by atoms with Gasteiger partial charge < -0.3 is 19.0 Å². The predicted octanol–water partition coefficient (Wildman–Crippen LogP) is 2.64. The smallest absolute Gasteiger partial charge is 0.334 e. The van der Waals surface area contributed by atoms with Crippen molar-refractivity contribution in [3.63, 3.8) is 0 Å². The number of allylic oxidation sites excluding steroid dienone is 4. The lowest BCUT2D eigenvalue weighted by Gasteiger charge is -2.21. The van der Waals surface area contributed by atoms with Crippen LogP contribution in [0.4, 0.5) is 0 Å². The topological polar surface area (TPSA) is 103 Å². The van der Waals surface area contributed by atoms with Gasteiger partial charge in [0.05, 0.1) is 18.2 Å².